The van der Waals surface area contributed by atoms with Gasteiger partial charge in [0, 0.05) is 46.3 Å². The first-order chi connectivity index (χ1) is 11.5. The number of piperidine rings is 2. The second-order valence-electron chi connectivity index (χ2n) is 7.48. The van der Waals surface area contributed by atoms with Gasteiger partial charge in [-0.3, -0.25) is 9.59 Å². The number of aliphatic hydroxyl groups is 1. The van der Waals surface area contributed by atoms with E-state index in [0.717, 1.165) is 38.9 Å². The minimum absolute atomic E-state index is 0. The number of rotatable bonds is 4. The summed E-state index contributed by atoms with van der Waals surface area (Å²) in [5.74, 6) is 0.338. The molecule has 3 fully saturated rings. The molecule has 8 heteroatoms. The fourth-order valence-electron chi connectivity index (χ4n) is 4.24. The molecular formula is C17H30ClN3O4. The molecule has 0 aromatic carbocycles. The highest BCUT2D eigenvalue weighted by molar-refractivity contribution is 5.85. The van der Waals surface area contributed by atoms with Gasteiger partial charge < -0.3 is 25.0 Å². The van der Waals surface area contributed by atoms with Gasteiger partial charge in [0.05, 0.1) is 18.8 Å². The zero-order chi connectivity index (χ0) is 17.2. The Balaban J connectivity index is 0.00000225. The van der Waals surface area contributed by atoms with Gasteiger partial charge >= 0.3 is 0 Å². The molecule has 3 saturated heterocycles. The Morgan fingerprint density at radius 1 is 1.36 bits per heavy atom. The van der Waals surface area contributed by atoms with E-state index in [0.29, 0.717) is 32.5 Å². The second-order valence-corrected chi connectivity index (χ2v) is 7.48. The first-order valence-corrected chi connectivity index (χ1v) is 9.00. The molecule has 2 N–H and O–H groups in total. The third-order valence-corrected chi connectivity index (χ3v) is 5.86. The minimum atomic E-state index is -0.409. The number of hydrogen-bond acceptors (Lipinski definition) is 5. The number of carbonyl (C=O) groups is 2. The van der Waals surface area contributed by atoms with Gasteiger partial charge in [-0.2, -0.15) is 0 Å². The maximum atomic E-state index is 12.5. The zero-order valence-corrected chi connectivity index (χ0v) is 15.7. The van der Waals surface area contributed by atoms with E-state index in [4.69, 9.17) is 4.74 Å². The molecule has 0 aromatic rings. The molecule has 7 nitrogen and oxygen atoms in total. The van der Waals surface area contributed by atoms with Gasteiger partial charge in [0.1, 0.15) is 0 Å². The smallest absolute Gasteiger partial charge is 0.239 e. The van der Waals surface area contributed by atoms with Crippen molar-refractivity contribution in [2.45, 2.75) is 44.2 Å². The lowest BCUT2D eigenvalue weighted by Crippen LogP contribution is -2.54. The van der Waals surface area contributed by atoms with Gasteiger partial charge in [0.15, 0.2) is 0 Å². The number of hydrogen-bond donors (Lipinski definition) is 2. The Morgan fingerprint density at radius 2 is 2.08 bits per heavy atom. The van der Waals surface area contributed by atoms with Gasteiger partial charge in [-0.05, 0) is 31.1 Å². The van der Waals surface area contributed by atoms with E-state index >= 15 is 0 Å². The molecule has 0 aliphatic carbocycles. The summed E-state index contributed by atoms with van der Waals surface area (Å²) in [6.07, 6.45) is 3.54. The fourth-order valence-corrected chi connectivity index (χ4v) is 4.24. The molecule has 2 amide bonds. The van der Waals surface area contributed by atoms with Crippen LogP contribution in [0.15, 0.2) is 0 Å². The summed E-state index contributed by atoms with van der Waals surface area (Å²) in [6, 6.07) is -0.236. The fraction of sp³-hybridized carbons (Fsp3) is 0.882. The lowest BCUT2D eigenvalue weighted by Gasteiger charge is -2.47. The Hall–Kier alpha value is -0.890. The van der Waals surface area contributed by atoms with Crippen LogP contribution in [0.5, 0.6) is 0 Å². The number of ether oxygens (including phenoxy) is 1. The molecule has 2 atom stereocenters. The average molecular weight is 376 g/mol. The third-order valence-electron chi connectivity index (χ3n) is 5.86. The topological polar surface area (TPSA) is 82.1 Å². The number of nitrogens with one attached hydrogen (secondary N) is 1. The number of β-amino-alcohol motifs (C(OH)–C–C–N with tert-alkyl or cyclic N) is 1. The molecular weight excluding hydrogens is 346 g/mol. The van der Waals surface area contributed by atoms with Crippen LogP contribution < -0.4 is 5.32 Å². The Kier molecular flexibility index (Phi) is 7.08. The van der Waals surface area contributed by atoms with Crippen LogP contribution in [0.2, 0.25) is 0 Å². The van der Waals surface area contributed by atoms with Gasteiger partial charge in [-0.15, -0.1) is 12.4 Å². The predicted molar refractivity (Wildman–Crippen MR) is 95.6 cm³/mol. The number of aliphatic hydroxyl groups excluding tert-OH is 1. The molecule has 3 heterocycles. The van der Waals surface area contributed by atoms with Crippen LogP contribution in [0.3, 0.4) is 0 Å². The van der Waals surface area contributed by atoms with Crippen LogP contribution in [-0.2, 0) is 14.3 Å². The van der Waals surface area contributed by atoms with E-state index in [-0.39, 0.29) is 35.7 Å². The highest BCUT2D eigenvalue weighted by atomic mass is 35.5. The summed E-state index contributed by atoms with van der Waals surface area (Å²) in [7, 11) is 1.66. The van der Waals surface area contributed by atoms with Crippen LogP contribution in [0.1, 0.15) is 32.1 Å². The molecule has 3 rings (SSSR count). The number of halogens is 1. The van der Waals surface area contributed by atoms with E-state index < -0.39 is 6.10 Å². The maximum Gasteiger partial charge on any atom is 0.239 e. The van der Waals surface area contributed by atoms with Crippen molar-refractivity contribution < 1.29 is 19.4 Å². The molecule has 0 aromatic heterocycles. The van der Waals surface area contributed by atoms with E-state index in [1.165, 1.54) is 0 Å². The first-order valence-electron chi connectivity index (χ1n) is 9.00. The van der Waals surface area contributed by atoms with Crippen LogP contribution in [0.25, 0.3) is 0 Å². The molecule has 0 radical (unpaired) electrons. The summed E-state index contributed by atoms with van der Waals surface area (Å²) >= 11 is 0. The standard InChI is InChI=1S/C17H29N3O4.ClH/c1-24-9-8-20-12-17(3-2-15(20)22)4-6-19(7-5-17)16(23)14-10-13(21)11-18-14;/h13-14,18,21H,2-12H2,1H3;1H/t13-,14+;/m1./s1. The van der Waals surface area contributed by atoms with E-state index in [1.807, 2.05) is 9.80 Å². The van der Waals surface area contributed by atoms with Crippen molar-refractivity contribution in [2.24, 2.45) is 5.41 Å². The largest absolute Gasteiger partial charge is 0.392 e. The van der Waals surface area contributed by atoms with Gasteiger partial charge in [-0.25, -0.2) is 0 Å². The van der Waals surface area contributed by atoms with Gasteiger partial charge in [0.2, 0.25) is 11.8 Å². The number of carbonyl (C=O) groups excluding carboxylic acids is 2. The van der Waals surface area contributed by atoms with Crippen molar-refractivity contribution in [1.82, 2.24) is 15.1 Å². The zero-order valence-electron chi connectivity index (χ0n) is 14.9. The van der Waals surface area contributed by atoms with Crippen molar-refractivity contribution in [2.75, 3.05) is 46.4 Å². The average Bonchev–Trinajstić information content (AvgIpc) is 3.02. The highest BCUT2D eigenvalue weighted by Gasteiger charge is 2.42. The Morgan fingerprint density at radius 3 is 2.68 bits per heavy atom. The number of methoxy groups -OCH3 is 1. The van der Waals surface area contributed by atoms with E-state index in [1.54, 1.807) is 7.11 Å². The van der Waals surface area contributed by atoms with Crippen LogP contribution in [-0.4, -0.2) is 85.3 Å². The maximum absolute atomic E-state index is 12.5. The SMILES string of the molecule is COCCN1CC2(CCC1=O)CCN(C(=O)[C@@H]1C[C@@H](O)CN1)CC2.Cl. The van der Waals surface area contributed by atoms with Crippen LogP contribution in [0.4, 0.5) is 0 Å². The third kappa shape index (κ3) is 4.64. The van der Waals surface area contributed by atoms with Crippen molar-refractivity contribution in [3.05, 3.63) is 0 Å². The highest BCUT2D eigenvalue weighted by Crippen LogP contribution is 2.40. The summed E-state index contributed by atoms with van der Waals surface area (Å²) in [6.45, 7) is 4.02. The second kappa shape index (κ2) is 8.66. The molecule has 1 spiro atoms. The van der Waals surface area contributed by atoms with Crippen molar-refractivity contribution in [1.29, 1.82) is 0 Å². The van der Waals surface area contributed by atoms with Gasteiger partial charge in [0.25, 0.3) is 0 Å². The number of nitrogens with zero attached hydrogens (tertiary/aromatic N) is 2. The van der Waals surface area contributed by atoms with E-state index in [9.17, 15) is 14.7 Å². The Labute approximate surface area is 155 Å². The minimum Gasteiger partial charge on any atom is -0.392 e. The molecule has 3 aliphatic heterocycles. The molecule has 3 aliphatic rings. The Bertz CT molecular complexity index is 483. The normalized spacial score (nSPS) is 29.0. The monoisotopic (exact) mass is 375 g/mol. The first kappa shape index (κ1) is 20.4. The molecule has 0 saturated carbocycles. The lowest BCUT2D eigenvalue weighted by atomic mass is 9.72. The number of likely N-dealkylation sites (tertiary alicyclic amines) is 2. The lowest BCUT2D eigenvalue weighted by molar-refractivity contribution is -0.143. The molecule has 25 heavy (non-hydrogen) atoms. The summed E-state index contributed by atoms with van der Waals surface area (Å²) < 4.78 is 5.11. The van der Waals surface area contributed by atoms with Crippen molar-refractivity contribution >= 4 is 24.2 Å². The predicted octanol–water partition coefficient (Wildman–Crippen LogP) is 0.00860. The van der Waals surface area contributed by atoms with Crippen molar-refractivity contribution in [3.63, 3.8) is 0 Å². The molecule has 0 unspecified atom stereocenters. The molecule has 144 valence electrons. The summed E-state index contributed by atoms with van der Waals surface area (Å²) in [5.41, 5.74) is 0.154. The van der Waals surface area contributed by atoms with Crippen LogP contribution in [0, 0.1) is 5.41 Å². The van der Waals surface area contributed by atoms with Crippen LogP contribution >= 0.6 is 12.4 Å². The molecule has 0 bridgehead atoms. The summed E-state index contributed by atoms with van der Waals surface area (Å²) in [4.78, 5) is 28.5. The van der Waals surface area contributed by atoms with Gasteiger partial charge in [-0.1, -0.05) is 0 Å². The van der Waals surface area contributed by atoms with Crippen molar-refractivity contribution in [3.8, 4) is 0 Å². The quantitative estimate of drug-likeness (QED) is 0.723. The van der Waals surface area contributed by atoms with E-state index in [2.05, 4.69) is 5.32 Å². The summed E-state index contributed by atoms with van der Waals surface area (Å²) in [5, 5.41) is 12.7. The number of amides is 2.